The van der Waals surface area contributed by atoms with E-state index >= 15 is 0 Å². The van der Waals surface area contributed by atoms with Crippen molar-refractivity contribution >= 4 is 39.1 Å². The smallest absolute Gasteiger partial charge is 0.252 e. The standard InChI is InChI=1S/C8H9BrN2O2S/c1-4(7(10)12)11-8(13)5-2-6(9)14-3-5/h2-4H,1H3,(H2,10,12)(H,11,13). The van der Waals surface area contributed by atoms with Crippen molar-refractivity contribution in [2.75, 3.05) is 0 Å². The minimum Gasteiger partial charge on any atom is -0.368 e. The Labute approximate surface area is 93.6 Å². The summed E-state index contributed by atoms with van der Waals surface area (Å²) in [6.45, 7) is 1.54. The Hall–Kier alpha value is -0.880. The van der Waals surface area contributed by atoms with E-state index in [0.29, 0.717) is 5.56 Å². The zero-order valence-corrected chi connectivity index (χ0v) is 9.81. The molecule has 0 aliphatic carbocycles. The van der Waals surface area contributed by atoms with Crippen molar-refractivity contribution in [1.82, 2.24) is 5.32 Å². The molecule has 1 atom stereocenters. The van der Waals surface area contributed by atoms with Gasteiger partial charge in [-0.05, 0) is 28.9 Å². The molecule has 4 nitrogen and oxygen atoms in total. The molecule has 0 aromatic carbocycles. The summed E-state index contributed by atoms with van der Waals surface area (Å²) in [6, 6.07) is 1.04. The van der Waals surface area contributed by atoms with Gasteiger partial charge in [0.2, 0.25) is 5.91 Å². The van der Waals surface area contributed by atoms with Gasteiger partial charge in [-0.1, -0.05) is 0 Å². The number of carbonyl (C=O) groups is 2. The largest absolute Gasteiger partial charge is 0.368 e. The molecule has 2 amide bonds. The topological polar surface area (TPSA) is 72.2 Å². The first kappa shape index (κ1) is 11.2. The second kappa shape index (κ2) is 4.56. The average Bonchev–Trinajstić information content (AvgIpc) is 2.51. The van der Waals surface area contributed by atoms with Crippen LogP contribution in [0.5, 0.6) is 0 Å². The molecule has 1 unspecified atom stereocenters. The van der Waals surface area contributed by atoms with Gasteiger partial charge in [-0.25, -0.2) is 0 Å². The van der Waals surface area contributed by atoms with E-state index in [9.17, 15) is 9.59 Å². The molecule has 1 heterocycles. The lowest BCUT2D eigenvalue weighted by Crippen LogP contribution is -2.42. The Bertz CT molecular complexity index is 364. The second-order valence-electron chi connectivity index (χ2n) is 2.74. The molecule has 76 valence electrons. The fourth-order valence-electron chi connectivity index (χ4n) is 0.780. The molecular weight excluding hydrogens is 268 g/mol. The van der Waals surface area contributed by atoms with Gasteiger partial charge in [-0.3, -0.25) is 9.59 Å². The van der Waals surface area contributed by atoms with Gasteiger partial charge in [0, 0.05) is 5.38 Å². The van der Waals surface area contributed by atoms with E-state index in [2.05, 4.69) is 21.2 Å². The van der Waals surface area contributed by atoms with Gasteiger partial charge in [0.15, 0.2) is 0 Å². The van der Waals surface area contributed by atoms with Gasteiger partial charge in [-0.15, -0.1) is 11.3 Å². The number of carbonyl (C=O) groups excluding carboxylic acids is 2. The predicted molar refractivity (Wildman–Crippen MR) is 58.1 cm³/mol. The third-order valence-corrected chi connectivity index (χ3v) is 3.11. The highest BCUT2D eigenvalue weighted by molar-refractivity contribution is 9.11. The Morgan fingerprint density at radius 3 is 2.71 bits per heavy atom. The summed E-state index contributed by atoms with van der Waals surface area (Å²) < 4.78 is 0.870. The van der Waals surface area contributed by atoms with Crippen LogP contribution in [0, 0.1) is 0 Å². The normalized spacial score (nSPS) is 12.1. The monoisotopic (exact) mass is 276 g/mol. The SMILES string of the molecule is CC(NC(=O)c1csc(Br)c1)C(N)=O. The highest BCUT2D eigenvalue weighted by Crippen LogP contribution is 2.20. The molecule has 0 bridgehead atoms. The zero-order valence-electron chi connectivity index (χ0n) is 7.41. The maximum absolute atomic E-state index is 11.4. The lowest BCUT2D eigenvalue weighted by molar-refractivity contribution is -0.119. The van der Waals surface area contributed by atoms with E-state index in [4.69, 9.17) is 5.73 Å². The Kier molecular flexibility index (Phi) is 3.65. The van der Waals surface area contributed by atoms with E-state index in [1.54, 1.807) is 18.4 Å². The summed E-state index contributed by atoms with van der Waals surface area (Å²) in [4.78, 5) is 22.1. The maximum atomic E-state index is 11.4. The van der Waals surface area contributed by atoms with E-state index in [-0.39, 0.29) is 5.91 Å². The first-order valence-electron chi connectivity index (χ1n) is 3.85. The highest BCUT2D eigenvalue weighted by atomic mass is 79.9. The first-order chi connectivity index (χ1) is 6.50. The Morgan fingerprint density at radius 1 is 1.64 bits per heavy atom. The molecule has 0 aliphatic rings. The third-order valence-electron chi connectivity index (χ3n) is 1.60. The number of hydrogen-bond donors (Lipinski definition) is 2. The van der Waals surface area contributed by atoms with Crippen LogP contribution < -0.4 is 11.1 Å². The van der Waals surface area contributed by atoms with Crippen LogP contribution in [0.1, 0.15) is 17.3 Å². The third kappa shape index (κ3) is 2.81. The number of amides is 2. The minimum atomic E-state index is -0.652. The van der Waals surface area contributed by atoms with Crippen LogP contribution in [-0.4, -0.2) is 17.9 Å². The van der Waals surface area contributed by atoms with Crippen LogP contribution in [0.4, 0.5) is 0 Å². The molecular formula is C8H9BrN2O2S. The van der Waals surface area contributed by atoms with Crippen molar-refractivity contribution in [1.29, 1.82) is 0 Å². The fourth-order valence-corrected chi connectivity index (χ4v) is 1.92. The lowest BCUT2D eigenvalue weighted by Gasteiger charge is -2.08. The first-order valence-corrected chi connectivity index (χ1v) is 5.52. The molecule has 6 heteroatoms. The molecule has 1 aromatic rings. The predicted octanol–water partition coefficient (Wildman–Crippen LogP) is 1.11. The van der Waals surface area contributed by atoms with Gasteiger partial charge in [0.25, 0.3) is 5.91 Å². The van der Waals surface area contributed by atoms with Crippen LogP contribution >= 0.6 is 27.3 Å². The summed E-state index contributed by atoms with van der Waals surface area (Å²) in [5, 5.41) is 4.18. The van der Waals surface area contributed by atoms with Crippen molar-refractivity contribution in [2.45, 2.75) is 13.0 Å². The Morgan fingerprint density at radius 2 is 2.29 bits per heavy atom. The van der Waals surface area contributed by atoms with Gasteiger partial charge < -0.3 is 11.1 Å². The molecule has 0 spiro atoms. The minimum absolute atomic E-state index is 0.293. The van der Waals surface area contributed by atoms with Crippen LogP contribution in [0.25, 0.3) is 0 Å². The zero-order chi connectivity index (χ0) is 10.7. The molecule has 1 aromatic heterocycles. The van der Waals surface area contributed by atoms with Crippen LogP contribution in [-0.2, 0) is 4.79 Å². The average molecular weight is 277 g/mol. The molecule has 0 saturated carbocycles. The highest BCUT2D eigenvalue weighted by Gasteiger charge is 2.14. The fraction of sp³-hybridized carbons (Fsp3) is 0.250. The van der Waals surface area contributed by atoms with Crippen LogP contribution in [0.15, 0.2) is 15.2 Å². The van der Waals surface area contributed by atoms with Crippen molar-refractivity contribution in [3.8, 4) is 0 Å². The molecule has 0 fully saturated rings. The molecule has 1 rings (SSSR count). The van der Waals surface area contributed by atoms with E-state index in [0.717, 1.165) is 3.79 Å². The summed E-state index contributed by atoms with van der Waals surface area (Å²) in [7, 11) is 0. The lowest BCUT2D eigenvalue weighted by atomic mass is 10.2. The van der Waals surface area contributed by atoms with Crippen molar-refractivity contribution in [3.05, 3.63) is 20.8 Å². The van der Waals surface area contributed by atoms with Gasteiger partial charge >= 0.3 is 0 Å². The van der Waals surface area contributed by atoms with Crippen molar-refractivity contribution in [3.63, 3.8) is 0 Å². The van der Waals surface area contributed by atoms with Crippen molar-refractivity contribution in [2.24, 2.45) is 5.73 Å². The maximum Gasteiger partial charge on any atom is 0.252 e. The number of nitrogens with one attached hydrogen (secondary N) is 1. The number of primary amides is 1. The second-order valence-corrected chi connectivity index (χ2v) is 5.03. The molecule has 0 radical (unpaired) electrons. The number of hydrogen-bond acceptors (Lipinski definition) is 3. The van der Waals surface area contributed by atoms with Crippen LogP contribution in [0.3, 0.4) is 0 Å². The van der Waals surface area contributed by atoms with Crippen molar-refractivity contribution < 1.29 is 9.59 Å². The van der Waals surface area contributed by atoms with Gasteiger partial charge in [-0.2, -0.15) is 0 Å². The summed E-state index contributed by atoms with van der Waals surface area (Å²) in [5.74, 6) is -0.842. The molecule has 3 N–H and O–H groups in total. The quantitative estimate of drug-likeness (QED) is 0.868. The Balaban J connectivity index is 2.63. The summed E-state index contributed by atoms with van der Waals surface area (Å²) in [5.41, 5.74) is 5.53. The number of halogens is 1. The summed E-state index contributed by atoms with van der Waals surface area (Å²) >= 11 is 4.65. The van der Waals surface area contributed by atoms with E-state index < -0.39 is 11.9 Å². The number of thiophene rings is 1. The molecule has 0 aliphatic heterocycles. The van der Waals surface area contributed by atoms with E-state index in [1.165, 1.54) is 11.3 Å². The van der Waals surface area contributed by atoms with Gasteiger partial charge in [0.1, 0.15) is 6.04 Å². The van der Waals surface area contributed by atoms with Crippen LogP contribution in [0.2, 0.25) is 0 Å². The number of rotatable bonds is 3. The molecule has 0 saturated heterocycles. The number of nitrogens with two attached hydrogens (primary N) is 1. The van der Waals surface area contributed by atoms with E-state index in [1.807, 2.05) is 0 Å². The summed E-state index contributed by atoms with van der Waals surface area (Å²) in [6.07, 6.45) is 0. The van der Waals surface area contributed by atoms with Gasteiger partial charge in [0.05, 0.1) is 9.35 Å². The molecule has 14 heavy (non-hydrogen) atoms.